The van der Waals surface area contributed by atoms with Crippen LogP contribution in [0.3, 0.4) is 0 Å². The molecule has 1 fully saturated rings. The molecule has 1 atom stereocenters. The summed E-state index contributed by atoms with van der Waals surface area (Å²) >= 11 is 0. The van der Waals surface area contributed by atoms with Crippen molar-refractivity contribution in [2.75, 3.05) is 12.0 Å². The van der Waals surface area contributed by atoms with E-state index in [1.165, 1.54) is 18.3 Å². The van der Waals surface area contributed by atoms with Crippen LogP contribution in [0.15, 0.2) is 76.9 Å². The van der Waals surface area contributed by atoms with Crippen molar-refractivity contribution >= 4 is 23.1 Å². The minimum Gasteiger partial charge on any atom is -0.507 e. The molecule has 4 rings (SSSR count). The fourth-order valence-corrected chi connectivity index (χ4v) is 3.82. The van der Waals surface area contributed by atoms with Crippen molar-refractivity contribution in [2.45, 2.75) is 25.8 Å². The van der Waals surface area contributed by atoms with Crippen LogP contribution >= 0.6 is 0 Å². The van der Waals surface area contributed by atoms with Gasteiger partial charge in [-0.1, -0.05) is 38.1 Å². The van der Waals surface area contributed by atoms with Crippen molar-refractivity contribution in [1.29, 1.82) is 0 Å². The summed E-state index contributed by atoms with van der Waals surface area (Å²) in [6, 6.07) is 16.7. The molecule has 0 bridgehead atoms. The van der Waals surface area contributed by atoms with Crippen molar-refractivity contribution in [2.24, 2.45) is 0 Å². The Bertz CT molecular complexity index is 1140. The van der Waals surface area contributed by atoms with Crippen molar-refractivity contribution in [3.05, 3.63) is 89.4 Å². The van der Waals surface area contributed by atoms with Crippen LogP contribution in [0, 0.1) is 0 Å². The molecule has 1 N–H and O–H groups in total. The Morgan fingerprint density at radius 3 is 2.35 bits per heavy atom. The highest BCUT2D eigenvalue weighted by molar-refractivity contribution is 6.51. The number of nitrogens with zero attached hydrogens (tertiary/aromatic N) is 1. The van der Waals surface area contributed by atoms with Crippen molar-refractivity contribution < 1.29 is 23.8 Å². The zero-order chi connectivity index (χ0) is 22.1. The van der Waals surface area contributed by atoms with E-state index in [1.807, 2.05) is 12.1 Å². The summed E-state index contributed by atoms with van der Waals surface area (Å²) in [7, 11) is 1.48. The molecule has 6 nitrogen and oxygen atoms in total. The van der Waals surface area contributed by atoms with Crippen LogP contribution in [-0.4, -0.2) is 23.9 Å². The number of carbonyl (C=O) groups excluding carboxylic acids is 2. The maximum absolute atomic E-state index is 13.1. The molecule has 0 spiro atoms. The van der Waals surface area contributed by atoms with Crippen LogP contribution < -0.4 is 9.64 Å². The second kappa shape index (κ2) is 8.14. The minimum absolute atomic E-state index is 0.0441. The van der Waals surface area contributed by atoms with Gasteiger partial charge in [0.1, 0.15) is 23.3 Å². The number of benzene rings is 2. The first kappa shape index (κ1) is 20.5. The highest BCUT2D eigenvalue weighted by Gasteiger charge is 2.48. The maximum atomic E-state index is 13.1. The average molecular weight is 417 g/mol. The lowest BCUT2D eigenvalue weighted by atomic mass is 9.98. The number of para-hydroxylation sites is 1. The van der Waals surface area contributed by atoms with Crippen LogP contribution in [0.5, 0.6) is 5.75 Å². The first-order valence-electron chi connectivity index (χ1n) is 10.0. The molecule has 1 unspecified atom stereocenters. The van der Waals surface area contributed by atoms with E-state index in [9.17, 15) is 14.7 Å². The number of carbonyl (C=O) groups is 2. The lowest BCUT2D eigenvalue weighted by Gasteiger charge is -2.24. The summed E-state index contributed by atoms with van der Waals surface area (Å²) in [4.78, 5) is 27.5. The van der Waals surface area contributed by atoms with Gasteiger partial charge in [-0.05, 0) is 47.9 Å². The Hall–Kier alpha value is -3.80. The summed E-state index contributed by atoms with van der Waals surface area (Å²) in [5.74, 6) is -0.712. The van der Waals surface area contributed by atoms with Crippen LogP contribution in [-0.2, 0) is 9.59 Å². The van der Waals surface area contributed by atoms with Gasteiger partial charge in [0.15, 0.2) is 0 Å². The number of ketones is 1. The highest BCUT2D eigenvalue weighted by atomic mass is 16.5. The molecule has 3 aromatic rings. The third-order valence-electron chi connectivity index (χ3n) is 5.46. The predicted molar refractivity (Wildman–Crippen MR) is 117 cm³/mol. The molecule has 6 heteroatoms. The van der Waals surface area contributed by atoms with Crippen LogP contribution in [0.2, 0.25) is 0 Å². The number of aliphatic hydroxyl groups excluding tert-OH is 1. The third-order valence-corrected chi connectivity index (χ3v) is 5.46. The smallest absolute Gasteiger partial charge is 0.300 e. The second-order valence-electron chi connectivity index (χ2n) is 7.63. The number of methoxy groups -OCH3 is 1. The lowest BCUT2D eigenvalue weighted by molar-refractivity contribution is -0.132. The molecule has 0 aliphatic carbocycles. The van der Waals surface area contributed by atoms with Crippen molar-refractivity contribution in [1.82, 2.24) is 0 Å². The number of ether oxygens (including phenoxy) is 1. The Labute approximate surface area is 180 Å². The first-order valence-corrected chi connectivity index (χ1v) is 10.0. The van der Waals surface area contributed by atoms with Gasteiger partial charge in [-0.3, -0.25) is 14.5 Å². The van der Waals surface area contributed by atoms with E-state index < -0.39 is 17.7 Å². The molecule has 1 saturated heterocycles. The molecule has 2 aromatic carbocycles. The van der Waals surface area contributed by atoms with Crippen LogP contribution in [0.1, 0.15) is 42.7 Å². The van der Waals surface area contributed by atoms with E-state index in [-0.39, 0.29) is 11.3 Å². The Morgan fingerprint density at radius 1 is 1.03 bits per heavy atom. The molecule has 1 aliphatic heterocycles. The van der Waals surface area contributed by atoms with Crippen molar-refractivity contribution in [3.63, 3.8) is 0 Å². The zero-order valence-electron chi connectivity index (χ0n) is 17.5. The van der Waals surface area contributed by atoms with E-state index in [2.05, 4.69) is 13.8 Å². The molecule has 1 aliphatic rings. The van der Waals surface area contributed by atoms with Gasteiger partial charge in [-0.25, -0.2) is 0 Å². The molecular formula is C25H23NO5. The quantitative estimate of drug-likeness (QED) is 0.357. The number of hydrogen-bond donors (Lipinski definition) is 1. The summed E-state index contributed by atoms with van der Waals surface area (Å²) in [5, 5.41) is 11.1. The topological polar surface area (TPSA) is 80.0 Å². The number of Topliss-reactive ketones (excluding diaryl/α,β-unsaturated/α-hetero) is 1. The van der Waals surface area contributed by atoms with Crippen molar-refractivity contribution in [3.8, 4) is 5.75 Å². The third kappa shape index (κ3) is 3.50. The molecule has 0 saturated carbocycles. The van der Waals surface area contributed by atoms with Gasteiger partial charge in [0, 0.05) is 5.69 Å². The zero-order valence-corrected chi connectivity index (χ0v) is 17.5. The van der Waals surface area contributed by atoms with E-state index in [0.29, 0.717) is 28.7 Å². The van der Waals surface area contributed by atoms with Crippen LogP contribution in [0.4, 0.5) is 5.69 Å². The molecule has 31 heavy (non-hydrogen) atoms. The summed E-state index contributed by atoms with van der Waals surface area (Å²) < 4.78 is 10.9. The van der Waals surface area contributed by atoms with Gasteiger partial charge in [0.2, 0.25) is 0 Å². The van der Waals surface area contributed by atoms with Gasteiger partial charge < -0.3 is 14.3 Å². The Balaban J connectivity index is 1.90. The molecule has 1 aromatic heterocycles. The number of amides is 1. The number of furan rings is 1. The number of rotatable bonds is 5. The fourth-order valence-electron chi connectivity index (χ4n) is 3.82. The predicted octanol–water partition coefficient (Wildman–Crippen LogP) is 5.04. The second-order valence-corrected chi connectivity index (χ2v) is 7.63. The van der Waals surface area contributed by atoms with Gasteiger partial charge in [0.25, 0.3) is 11.7 Å². The minimum atomic E-state index is -0.898. The Morgan fingerprint density at radius 2 is 1.74 bits per heavy atom. The lowest BCUT2D eigenvalue weighted by Crippen LogP contribution is -2.29. The fraction of sp³-hybridized carbons (Fsp3) is 0.200. The van der Waals surface area contributed by atoms with Gasteiger partial charge in [0.05, 0.1) is 24.5 Å². The average Bonchev–Trinajstić information content (AvgIpc) is 3.40. The van der Waals surface area contributed by atoms with E-state index >= 15 is 0 Å². The highest BCUT2D eigenvalue weighted by Crippen LogP contribution is 2.43. The number of hydrogen-bond acceptors (Lipinski definition) is 5. The van der Waals surface area contributed by atoms with E-state index in [1.54, 1.807) is 48.5 Å². The molecule has 0 radical (unpaired) electrons. The first-order chi connectivity index (χ1) is 14.9. The molecule has 2 heterocycles. The monoisotopic (exact) mass is 417 g/mol. The number of aliphatic hydroxyl groups is 1. The van der Waals surface area contributed by atoms with E-state index in [4.69, 9.17) is 9.15 Å². The summed E-state index contributed by atoms with van der Waals surface area (Å²) in [6.07, 6.45) is 1.47. The molecule has 158 valence electrons. The Kier molecular flexibility index (Phi) is 5.38. The van der Waals surface area contributed by atoms with Crippen LogP contribution in [0.25, 0.3) is 5.76 Å². The summed E-state index contributed by atoms with van der Waals surface area (Å²) in [6.45, 7) is 4.16. The SMILES string of the molecule is COc1ccccc1/C(O)=C1/C(=O)C(=O)N(c2ccc(C(C)C)cc2)C1c1ccco1. The normalized spacial score (nSPS) is 18.1. The molecule has 1 amide bonds. The van der Waals surface area contributed by atoms with Gasteiger partial charge in [-0.2, -0.15) is 0 Å². The number of anilines is 1. The van der Waals surface area contributed by atoms with Gasteiger partial charge in [-0.15, -0.1) is 0 Å². The largest absolute Gasteiger partial charge is 0.507 e. The summed E-state index contributed by atoms with van der Waals surface area (Å²) in [5.41, 5.74) is 1.95. The van der Waals surface area contributed by atoms with E-state index in [0.717, 1.165) is 5.56 Å². The standard InChI is InChI=1S/C25H23NO5/c1-15(2)16-10-12-17(13-11-16)26-22(20-9-6-14-31-20)21(24(28)25(26)29)23(27)18-7-4-5-8-19(18)30-3/h4-15,22,27H,1-3H3/b23-21-. The molecular weight excluding hydrogens is 394 g/mol. The van der Waals surface area contributed by atoms with Gasteiger partial charge >= 0.3 is 0 Å². The maximum Gasteiger partial charge on any atom is 0.300 e.